The van der Waals surface area contributed by atoms with Crippen molar-refractivity contribution in [2.75, 3.05) is 39.9 Å². The summed E-state index contributed by atoms with van der Waals surface area (Å²) in [6.07, 6.45) is 1.72. The molecule has 0 heterocycles. The van der Waals surface area contributed by atoms with Gasteiger partial charge in [0.2, 0.25) is 5.91 Å². The van der Waals surface area contributed by atoms with Gasteiger partial charge in [-0.3, -0.25) is 9.79 Å². The lowest BCUT2D eigenvalue weighted by molar-refractivity contribution is -0.120. The summed E-state index contributed by atoms with van der Waals surface area (Å²) in [4.78, 5) is 15.7. The van der Waals surface area contributed by atoms with Gasteiger partial charge in [0.25, 0.3) is 0 Å². The number of hydrogen-bond donors (Lipinski definition) is 3. The van der Waals surface area contributed by atoms with Crippen LogP contribution >= 0.6 is 0 Å². The van der Waals surface area contributed by atoms with Crippen molar-refractivity contribution in [2.24, 2.45) is 4.99 Å². The van der Waals surface area contributed by atoms with Crippen molar-refractivity contribution in [3.05, 3.63) is 23.8 Å². The molecule has 26 heavy (non-hydrogen) atoms. The molecule has 0 atom stereocenters. The fourth-order valence-corrected chi connectivity index (χ4v) is 2.29. The lowest BCUT2D eigenvalue weighted by Gasteiger charge is -2.14. The van der Waals surface area contributed by atoms with Crippen LogP contribution in [0.2, 0.25) is 0 Å². The molecular weight excluding hydrogens is 332 g/mol. The van der Waals surface area contributed by atoms with E-state index in [9.17, 15) is 4.79 Å². The molecule has 7 nitrogen and oxygen atoms in total. The number of hydrogen-bond acceptors (Lipinski definition) is 4. The second-order valence-corrected chi connectivity index (χ2v) is 5.60. The maximum absolute atomic E-state index is 11.6. The predicted molar refractivity (Wildman–Crippen MR) is 105 cm³/mol. The third-order valence-corrected chi connectivity index (χ3v) is 3.53. The molecule has 0 bridgehead atoms. The Morgan fingerprint density at radius 2 is 1.73 bits per heavy atom. The van der Waals surface area contributed by atoms with Gasteiger partial charge in [-0.15, -0.1) is 0 Å². The standard InChI is InChI=1S/C19H32N4O3/c1-5-11-21-18(24)14-23-19(20-4)22-12-10-15-8-9-16(25-6-2)17(13-15)26-7-3/h8-9,13H,5-7,10-12,14H2,1-4H3,(H,21,24)(H2,20,22,23). The number of nitrogens with zero attached hydrogens (tertiary/aromatic N) is 1. The zero-order valence-corrected chi connectivity index (χ0v) is 16.4. The quantitative estimate of drug-likeness (QED) is 0.411. The molecule has 0 fully saturated rings. The van der Waals surface area contributed by atoms with Crippen molar-refractivity contribution in [3.8, 4) is 11.5 Å². The molecule has 146 valence electrons. The molecule has 0 aliphatic rings. The van der Waals surface area contributed by atoms with Crippen molar-refractivity contribution in [2.45, 2.75) is 33.6 Å². The molecular formula is C19H32N4O3. The Morgan fingerprint density at radius 3 is 2.38 bits per heavy atom. The molecule has 0 spiro atoms. The summed E-state index contributed by atoms with van der Waals surface area (Å²) in [5, 5.41) is 9.03. The monoisotopic (exact) mass is 364 g/mol. The van der Waals surface area contributed by atoms with Crippen LogP contribution in [-0.4, -0.2) is 51.8 Å². The summed E-state index contributed by atoms with van der Waals surface area (Å²) in [7, 11) is 1.68. The minimum absolute atomic E-state index is 0.0392. The van der Waals surface area contributed by atoms with Gasteiger partial charge in [0.05, 0.1) is 19.8 Å². The van der Waals surface area contributed by atoms with Crippen LogP contribution in [0.1, 0.15) is 32.8 Å². The highest BCUT2D eigenvalue weighted by molar-refractivity contribution is 5.86. The van der Waals surface area contributed by atoms with Crippen LogP contribution in [0.25, 0.3) is 0 Å². The number of rotatable bonds is 11. The van der Waals surface area contributed by atoms with E-state index in [0.717, 1.165) is 29.9 Å². The first-order valence-corrected chi connectivity index (χ1v) is 9.24. The van der Waals surface area contributed by atoms with E-state index in [-0.39, 0.29) is 12.5 Å². The SMILES string of the molecule is CCCNC(=O)CNC(=NC)NCCc1ccc(OCC)c(OCC)c1. The van der Waals surface area contributed by atoms with Gasteiger partial charge in [-0.05, 0) is 44.4 Å². The van der Waals surface area contributed by atoms with Crippen molar-refractivity contribution in [3.63, 3.8) is 0 Å². The number of amides is 1. The number of benzene rings is 1. The van der Waals surface area contributed by atoms with E-state index in [1.807, 2.05) is 39.0 Å². The Balaban J connectivity index is 2.47. The fourth-order valence-electron chi connectivity index (χ4n) is 2.29. The average molecular weight is 364 g/mol. The maximum Gasteiger partial charge on any atom is 0.239 e. The number of aliphatic imine (C=N–C) groups is 1. The van der Waals surface area contributed by atoms with E-state index in [1.54, 1.807) is 7.05 Å². The molecule has 0 aliphatic heterocycles. The minimum Gasteiger partial charge on any atom is -0.490 e. The van der Waals surface area contributed by atoms with Gasteiger partial charge in [0, 0.05) is 20.1 Å². The molecule has 1 rings (SSSR count). The Kier molecular flexibility index (Phi) is 10.7. The van der Waals surface area contributed by atoms with E-state index < -0.39 is 0 Å². The first-order valence-electron chi connectivity index (χ1n) is 9.24. The van der Waals surface area contributed by atoms with Crippen molar-refractivity contribution in [1.82, 2.24) is 16.0 Å². The van der Waals surface area contributed by atoms with Gasteiger partial charge in [0.1, 0.15) is 0 Å². The Hall–Kier alpha value is -2.44. The third-order valence-electron chi connectivity index (χ3n) is 3.53. The van der Waals surface area contributed by atoms with Gasteiger partial charge in [-0.2, -0.15) is 0 Å². The van der Waals surface area contributed by atoms with Crippen molar-refractivity contribution < 1.29 is 14.3 Å². The van der Waals surface area contributed by atoms with Crippen LogP contribution in [0.3, 0.4) is 0 Å². The van der Waals surface area contributed by atoms with Gasteiger partial charge in [-0.25, -0.2) is 0 Å². The highest BCUT2D eigenvalue weighted by atomic mass is 16.5. The van der Waals surface area contributed by atoms with Gasteiger partial charge in [-0.1, -0.05) is 13.0 Å². The Bertz CT molecular complexity index is 576. The van der Waals surface area contributed by atoms with Crippen LogP contribution in [0.4, 0.5) is 0 Å². The molecule has 0 saturated heterocycles. The summed E-state index contributed by atoms with van der Waals surface area (Å²) in [5.41, 5.74) is 1.14. The van der Waals surface area contributed by atoms with Crippen LogP contribution in [0.15, 0.2) is 23.2 Å². The van der Waals surface area contributed by atoms with Crippen LogP contribution in [-0.2, 0) is 11.2 Å². The van der Waals surface area contributed by atoms with Crippen LogP contribution in [0, 0.1) is 0 Å². The van der Waals surface area contributed by atoms with Gasteiger partial charge < -0.3 is 25.4 Å². The zero-order chi connectivity index (χ0) is 19.2. The zero-order valence-electron chi connectivity index (χ0n) is 16.4. The number of carbonyl (C=O) groups excluding carboxylic acids is 1. The smallest absolute Gasteiger partial charge is 0.239 e. The molecule has 3 N–H and O–H groups in total. The van der Waals surface area contributed by atoms with E-state index in [0.29, 0.717) is 32.3 Å². The topological polar surface area (TPSA) is 84.0 Å². The van der Waals surface area contributed by atoms with Crippen LogP contribution in [0.5, 0.6) is 11.5 Å². The Labute approximate surface area is 156 Å². The minimum atomic E-state index is -0.0392. The maximum atomic E-state index is 11.6. The number of ether oxygens (including phenoxy) is 2. The normalized spacial score (nSPS) is 11.0. The van der Waals surface area contributed by atoms with Gasteiger partial charge in [0.15, 0.2) is 17.5 Å². The molecule has 1 aromatic carbocycles. The van der Waals surface area contributed by atoms with Crippen molar-refractivity contribution >= 4 is 11.9 Å². The first-order chi connectivity index (χ1) is 12.6. The highest BCUT2D eigenvalue weighted by Gasteiger charge is 2.07. The average Bonchev–Trinajstić information content (AvgIpc) is 2.65. The number of carbonyl (C=O) groups is 1. The summed E-state index contributed by atoms with van der Waals surface area (Å²) in [5.74, 6) is 2.10. The fraction of sp³-hybridized carbons (Fsp3) is 0.579. The second-order valence-electron chi connectivity index (χ2n) is 5.60. The van der Waals surface area contributed by atoms with Gasteiger partial charge >= 0.3 is 0 Å². The van der Waals surface area contributed by atoms with Crippen LogP contribution < -0.4 is 25.4 Å². The number of nitrogens with one attached hydrogen (secondary N) is 3. The van der Waals surface area contributed by atoms with E-state index in [4.69, 9.17) is 9.47 Å². The third kappa shape index (κ3) is 8.09. The predicted octanol–water partition coefficient (Wildman–Crippen LogP) is 1.72. The number of guanidine groups is 1. The molecule has 0 aromatic heterocycles. The molecule has 0 saturated carbocycles. The Morgan fingerprint density at radius 1 is 1.00 bits per heavy atom. The lowest BCUT2D eigenvalue weighted by atomic mass is 10.1. The lowest BCUT2D eigenvalue weighted by Crippen LogP contribution is -2.43. The highest BCUT2D eigenvalue weighted by Crippen LogP contribution is 2.28. The molecule has 1 amide bonds. The largest absolute Gasteiger partial charge is 0.490 e. The summed E-state index contributed by atoms with van der Waals surface area (Å²) >= 11 is 0. The molecule has 0 radical (unpaired) electrons. The second kappa shape index (κ2) is 12.9. The summed E-state index contributed by atoms with van der Waals surface area (Å²) in [6.45, 7) is 8.71. The molecule has 0 aliphatic carbocycles. The van der Waals surface area contributed by atoms with E-state index in [2.05, 4.69) is 20.9 Å². The van der Waals surface area contributed by atoms with Crippen molar-refractivity contribution in [1.29, 1.82) is 0 Å². The van der Waals surface area contributed by atoms with E-state index >= 15 is 0 Å². The molecule has 1 aromatic rings. The first kappa shape index (κ1) is 21.6. The van der Waals surface area contributed by atoms with E-state index in [1.165, 1.54) is 0 Å². The summed E-state index contributed by atoms with van der Waals surface area (Å²) in [6, 6.07) is 5.98. The molecule has 0 unspecified atom stereocenters. The molecule has 7 heteroatoms. The summed E-state index contributed by atoms with van der Waals surface area (Å²) < 4.78 is 11.2.